The van der Waals surface area contributed by atoms with Gasteiger partial charge in [-0.15, -0.1) is 0 Å². The first-order valence-corrected chi connectivity index (χ1v) is 6.22. The van der Waals surface area contributed by atoms with Crippen LogP contribution in [0.2, 0.25) is 0 Å². The minimum absolute atomic E-state index is 0.0459. The molecule has 8 heteroatoms. The summed E-state index contributed by atoms with van der Waals surface area (Å²) in [4.78, 5) is 23.9. The molecule has 0 aromatic carbocycles. The van der Waals surface area contributed by atoms with Crippen LogP contribution in [0.1, 0.15) is 12.8 Å². The van der Waals surface area contributed by atoms with E-state index < -0.39 is 4.92 Å². The highest BCUT2D eigenvalue weighted by Crippen LogP contribution is 2.12. The third kappa shape index (κ3) is 3.28. The molecule has 0 aliphatic carbocycles. The molecule has 0 saturated carbocycles. The first-order chi connectivity index (χ1) is 9.10. The molecule has 2 heterocycles. The smallest absolute Gasteiger partial charge is 0.307 e. The first-order valence-electron chi connectivity index (χ1n) is 6.22. The molecule has 2 rings (SSSR count). The van der Waals surface area contributed by atoms with Crippen LogP contribution in [0.5, 0.6) is 0 Å². The molecule has 1 saturated heterocycles. The number of rotatable bonds is 4. The molecule has 0 radical (unpaired) electrons. The Morgan fingerprint density at radius 1 is 1.68 bits per heavy atom. The van der Waals surface area contributed by atoms with Gasteiger partial charge in [0.2, 0.25) is 5.91 Å². The fourth-order valence-corrected chi connectivity index (χ4v) is 2.21. The van der Waals surface area contributed by atoms with Gasteiger partial charge in [-0.1, -0.05) is 0 Å². The van der Waals surface area contributed by atoms with Crippen molar-refractivity contribution in [1.29, 1.82) is 0 Å². The van der Waals surface area contributed by atoms with Gasteiger partial charge in [0.25, 0.3) is 0 Å². The molecule has 0 spiro atoms. The molecular weight excluding hydrogens is 250 g/mol. The maximum absolute atomic E-state index is 12.1. The van der Waals surface area contributed by atoms with Crippen LogP contribution in [0.15, 0.2) is 12.4 Å². The van der Waals surface area contributed by atoms with Gasteiger partial charge in [-0.05, 0) is 19.9 Å². The van der Waals surface area contributed by atoms with Crippen LogP contribution in [0.3, 0.4) is 0 Å². The Morgan fingerprint density at radius 2 is 2.47 bits per heavy atom. The molecule has 1 N–H and O–H groups in total. The van der Waals surface area contributed by atoms with E-state index >= 15 is 0 Å². The largest absolute Gasteiger partial charge is 0.340 e. The molecule has 1 fully saturated rings. The average Bonchev–Trinajstić information content (AvgIpc) is 2.87. The lowest BCUT2D eigenvalue weighted by molar-refractivity contribution is -0.385. The minimum atomic E-state index is -0.522. The Hall–Kier alpha value is -1.96. The van der Waals surface area contributed by atoms with Crippen molar-refractivity contribution in [3.8, 4) is 0 Å². The van der Waals surface area contributed by atoms with Crippen molar-refractivity contribution < 1.29 is 9.72 Å². The van der Waals surface area contributed by atoms with Crippen molar-refractivity contribution in [2.75, 3.05) is 20.1 Å². The zero-order chi connectivity index (χ0) is 13.8. The van der Waals surface area contributed by atoms with E-state index in [1.165, 1.54) is 10.9 Å². The van der Waals surface area contributed by atoms with Crippen molar-refractivity contribution in [3.63, 3.8) is 0 Å². The third-order valence-corrected chi connectivity index (χ3v) is 3.31. The number of nitrogens with zero attached hydrogens (tertiary/aromatic N) is 4. The van der Waals surface area contributed by atoms with Crippen LogP contribution in [-0.2, 0) is 11.3 Å². The summed E-state index contributed by atoms with van der Waals surface area (Å²) in [5.41, 5.74) is -0.0976. The number of piperidine rings is 1. The van der Waals surface area contributed by atoms with E-state index in [1.54, 1.807) is 4.90 Å². The second-order valence-electron chi connectivity index (χ2n) is 4.62. The second kappa shape index (κ2) is 5.79. The lowest BCUT2D eigenvalue weighted by Gasteiger charge is -2.32. The maximum atomic E-state index is 12.1. The van der Waals surface area contributed by atoms with Gasteiger partial charge >= 0.3 is 5.69 Å². The van der Waals surface area contributed by atoms with E-state index in [0.29, 0.717) is 12.6 Å². The predicted octanol–water partition coefficient (Wildman–Crippen LogP) is 0.00170. The van der Waals surface area contributed by atoms with E-state index in [1.807, 2.05) is 7.05 Å². The topological polar surface area (TPSA) is 93.3 Å². The molecule has 1 aromatic rings. The summed E-state index contributed by atoms with van der Waals surface area (Å²) in [6.45, 7) is 1.46. The fourth-order valence-electron chi connectivity index (χ4n) is 2.21. The molecule has 19 heavy (non-hydrogen) atoms. The first kappa shape index (κ1) is 13.5. The highest BCUT2D eigenvalue weighted by atomic mass is 16.6. The number of hydrogen-bond acceptors (Lipinski definition) is 5. The Morgan fingerprint density at radius 3 is 3.11 bits per heavy atom. The van der Waals surface area contributed by atoms with Crippen molar-refractivity contribution >= 4 is 11.6 Å². The van der Waals surface area contributed by atoms with Gasteiger partial charge in [0.15, 0.2) is 0 Å². The van der Waals surface area contributed by atoms with E-state index in [0.717, 1.165) is 25.6 Å². The molecule has 8 nitrogen and oxygen atoms in total. The SMILES string of the molecule is CNC1CCCN(C(=O)Cn2cc([N+](=O)[O-])cn2)C1. The van der Waals surface area contributed by atoms with Crippen LogP contribution in [-0.4, -0.2) is 51.7 Å². The number of nitro groups is 1. The summed E-state index contributed by atoms with van der Waals surface area (Å²) in [5.74, 6) is -0.0575. The van der Waals surface area contributed by atoms with Gasteiger partial charge in [0, 0.05) is 19.1 Å². The number of aromatic nitrogens is 2. The Balaban J connectivity index is 1.94. The van der Waals surface area contributed by atoms with Crippen LogP contribution in [0.25, 0.3) is 0 Å². The maximum Gasteiger partial charge on any atom is 0.307 e. The predicted molar refractivity (Wildman–Crippen MR) is 67.5 cm³/mol. The van der Waals surface area contributed by atoms with Crippen LogP contribution in [0.4, 0.5) is 5.69 Å². The molecule has 1 atom stereocenters. The number of carbonyl (C=O) groups excluding carboxylic acids is 1. The Kier molecular flexibility index (Phi) is 4.10. The van der Waals surface area contributed by atoms with E-state index in [2.05, 4.69) is 10.4 Å². The molecule has 1 unspecified atom stereocenters. The summed E-state index contributed by atoms with van der Waals surface area (Å²) >= 11 is 0. The van der Waals surface area contributed by atoms with Gasteiger partial charge in [0.1, 0.15) is 18.9 Å². The molecule has 104 valence electrons. The van der Waals surface area contributed by atoms with Gasteiger partial charge in [-0.3, -0.25) is 19.6 Å². The quantitative estimate of drug-likeness (QED) is 0.612. The van der Waals surface area contributed by atoms with Gasteiger partial charge < -0.3 is 10.2 Å². The van der Waals surface area contributed by atoms with E-state index in [4.69, 9.17) is 0 Å². The number of likely N-dealkylation sites (N-methyl/N-ethyl adjacent to an activating group) is 1. The molecule has 1 aliphatic heterocycles. The van der Waals surface area contributed by atoms with E-state index in [-0.39, 0.29) is 18.1 Å². The Bertz CT molecular complexity index is 473. The molecular formula is C11H17N5O3. The molecule has 1 amide bonds. The van der Waals surface area contributed by atoms with Crippen molar-refractivity contribution in [2.24, 2.45) is 0 Å². The number of likely N-dealkylation sites (tertiary alicyclic amines) is 1. The minimum Gasteiger partial charge on any atom is -0.340 e. The standard InChI is InChI=1S/C11H17N5O3/c1-12-9-3-2-4-14(6-9)11(17)8-15-7-10(5-13-15)16(18)19/h5,7,9,12H,2-4,6,8H2,1H3. The lowest BCUT2D eigenvalue weighted by Crippen LogP contribution is -2.47. The monoisotopic (exact) mass is 267 g/mol. The van der Waals surface area contributed by atoms with Gasteiger partial charge in [0.05, 0.1) is 4.92 Å². The van der Waals surface area contributed by atoms with Crippen molar-refractivity contribution in [1.82, 2.24) is 20.0 Å². The lowest BCUT2D eigenvalue weighted by atomic mass is 10.1. The zero-order valence-electron chi connectivity index (χ0n) is 10.8. The summed E-state index contributed by atoms with van der Waals surface area (Å²) in [6.07, 6.45) is 4.46. The number of carbonyl (C=O) groups is 1. The van der Waals surface area contributed by atoms with Crippen LogP contribution < -0.4 is 5.32 Å². The van der Waals surface area contributed by atoms with Crippen molar-refractivity contribution in [3.05, 3.63) is 22.5 Å². The average molecular weight is 267 g/mol. The van der Waals surface area contributed by atoms with Gasteiger partial charge in [-0.25, -0.2) is 0 Å². The summed E-state index contributed by atoms with van der Waals surface area (Å²) in [6, 6.07) is 0.324. The normalized spacial score (nSPS) is 19.4. The van der Waals surface area contributed by atoms with Crippen LogP contribution >= 0.6 is 0 Å². The number of nitrogens with one attached hydrogen (secondary N) is 1. The highest BCUT2D eigenvalue weighted by molar-refractivity contribution is 5.76. The summed E-state index contributed by atoms with van der Waals surface area (Å²) in [7, 11) is 1.88. The Labute approximate surface area is 110 Å². The summed E-state index contributed by atoms with van der Waals surface area (Å²) in [5, 5.41) is 17.5. The highest BCUT2D eigenvalue weighted by Gasteiger charge is 2.23. The second-order valence-corrected chi connectivity index (χ2v) is 4.62. The third-order valence-electron chi connectivity index (χ3n) is 3.31. The zero-order valence-corrected chi connectivity index (χ0v) is 10.8. The van der Waals surface area contributed by atoms with Crippen molar-refractivity contribution in [2.45, 2.75) is 25.4 Å². The molecule has 1 aromatic heterocycles. The molecule has 1 aliphatic rings. The number of hydrogen-bond donors (Lipinski definition) is 1. The van der Waals surface area contributed by atoms with Gasteiger partial charge in [-0.2, -0.15) is 5.10 Å². The summed E-state index contributed by atoms with van der Waals surface area (Å²) < 4.78 is 1.31. The van der Waals surface area contributed by atoms with Crippen LogP contribution in [0, 0.1) is 10.1 Å². The van der Waals surface area contributed by atoms with E-state index in [9.17, 15) is 14.9 Å². The fraction of sp³-hybridized carbons (Fsp3) is 0.636. The number of amides is 1. The molecule has 0 bridgehead atoms.